The Balaban J connectivity index is 1.61. The molecule has 2 aromatic carbocycles. The number of aromatic nitrogens is 3. The molecule has 0 amide bonds. The lowest BCUT2D eigenvalue weighted by Crippen LogP contribution is -2.34. The molecule has 0 atom stereocenters. The Morgan fingerprint density at radius 2 is 1.82 bits per heavy atom. The summed E-state index contributed by atoms with van der Waals surface area (Å²) in [6.07, 6.45) is 3.87. The zero-order chi connectivity index (χ0) is 19.5. The highest BCUT2D eigenvalue weighted by molar-refractivity contribution is 7.10. The second kappa shape index (κ2) is 7.66. The van der Waals surface area contributed by atoms with E-state index in [-0.39, 0.29) is 0 Å². The van der Waals surface area contributed by atoms with Gasteiger partial charge >= 0.3 is 0 Å². The molecular formula is C21H17N3O3S. The quantitative estimate of drug-likeness (QED) is 0.486. The summed E-state index contributed by atoms with van der Waals surface area (Å²) in [5.74, 6) is 0.293. The van der Waals surface area contributed by atoms with E-state index in [0.717, 1.165) is 27.6 Å². The number of benzene rings is 2. The molecule has 7 heteroatoms. The molecule has 0 saturated carbocycles. The molecule has 140 valence electrons. The molecule has 0 fully saturated rings. The van der Waals surface area contributed by atoms with E-state index in [1.807, 2.05) is 73.0 Å². The van der Waals surface area contributed by atoms with Crippen LogP contribution in [0.2, 0.25) is 0 Å². The average molecular weight is 391 g/mol. The molecule has 2 aromatic heterocycles. The van der Waals surface area contributed by atoms with Gasteiger partial charge in [0.25, 0.3) is 5.69 Å². The number of methoxy groups -OCH3 is 1. The highest BCUT2D eigenvalue weighted by Gasteiger charge is 2.24. The standard InChI is InChI=1S/C21H17N3O3S/c1-14-3-8-16(9-4-14)24-20(21(25)27-23-24)18-13-28-19(22-18)12-7-15-5-10-17(26-2)11-6-15/h3-13H,1-2H3/b12-7+. The second-order valence-electron chi connectivity index (χ2n) is 6.13. The van der Waals surface area contributed by atoms with Crippen LogP contribution in [-0.4, -0.2) is 17.4 Å². The van der Waals surface area contributed by atoms with Gasteiger partial charge in [-0.3, -0.25) is 0 Å². The van der Waals surface area contributed by atoms with E-state index < -0.39 is 5.95 Å². The molecule has 0 aliphatic rings. The van der Waals surface area contributed by atoms with Crippen LogP contribution in [0.3, 0.4) is 0 Å². The van der Waals surface area contributed by atoms with E-state index in [1.54, 1.807) is 7.11 Å². The summed E-state index contributed by atoms with van der Waals surface area (Å²) < 4.78 is 11.5. The van der Waals surface area contributed by atoms with Crippen LogP contribution >= 0.6 is 11.3 Å². The van der Waals surface area contributed by atoms with Gasteiger partial charge in [-0.1, -0.05) is 35.9 Å². The van der Waals surface area contributed by atoms with Crippen molar-refractivity contribution in [2.75, 3.05) is 7.11 Å². The number of ether oxygens (including phenoxy) is 1. The number of hydrogen-bond donors (Lipinski definition) is 0. The van der Waals surface area contributed by atoms with Crippen LogP contribution in [-0.2, 0) is 0 Å². The van der Waals surface area contributed by atoms with Gasteiger partial charge in [0.2, 0.25) is 5.69 Å². The van der Waals surface area contributed by atoms with Crippen molar-refractivity contribution < 1.29 is 19.0 Å². The highest BCUT2D eigenvalue weighted by atomic mass is 32.1. The highest BCUT2D eigenvalue weighted by Crippen LogP contribution is 2.27. The van der Waals surface area contributed by atoms with Crippen molar-refractivity contribution in [1.82, 2.24) is 10.3 Å². The fourth-order valence-electron chi connectivity index (χ4n) is 2.68. The summed E-state index contributed by atoms with van der Waals surface area (Å²) in [4.78, 5) is 4.55. The Kier molecular flexibility index (Phi) is 4.90. The number of rotatable bonds is 5. The molecule has 0 aliphatic heterocycles. The van der Waals surface area contributed by atoms with Gasteiger partial charge in [0, 0.05) is 17.5 Å². The molecular weight excluding hydrogens is 374 g/mol. The first kappa shape index (κ1) is 17.9. The van der Waals surface area contributed by atoms with Crippen molar-refractivity contribution in [1.29, 1.82) is 0 Å². The van der Waals surface area contributed by atoms with Gasteiger partial charge in [-0.2, -0.15) is 0 Å². The Hall–Kier alpha value is -3.45. The Labute approximate surface area is 166 Å². The summed E-state index contributed by atoms with van der Waals surface area (Å²) in [7, 11) is 1.64. The molecule has 0 bridgehead atoms. The molecule has 0 spiro atoms. The van der Waals surface area contributed by atoms with E-state index in [0.29, 0.717) is 11.4 Å². The van der Waals surface area contributed by atoms with Crippen molar-refractivity contribution in [2.45, 2.75) is 6.92 Å². The summed E-state index contributed by atoms with van der Waals surface area (Å²) in [6.45, 7) is 2.00. The molecule has 0 saturated heterocycles. The minimum absolute atomic E-state index is 0.309. The van der Waals surface area contributed by atoms with Crippen LogP contribution in [0.25, 0.3) is 29.2 Å². The molecule has 4 aromatic rings. The van der Waals surface area contributed by atoms with Gasteiger partial charge < -0.3 is 14.4 Å². The van der Waals surface area contributed by atoms with E-state index in [9.17, 15) is 5.11 Å². The number of aryl methyl sites for hydroxylation is 1. The monoisotopic (exact) mass is 391 g/mol. The Morgan fingerprint density at radius 1 is 1.07 bits per heavy atom. The van der Waals surface area contributed by atoms with Crippen molar-refractivity contribution in [2.24, 2.45) is 0 Å². The zero-order valence-corrected chi connectivity index (χ0v) is 16.1. The minimum atomic E-state index is -0.517. The lowest BCUT2D eigenvalue weighted by atomic mass is 10.2. The predicted molar refractivity (Wildman–Crippen MR) is 105 cm³/mol. The molecule has 0 radical (unpaired) electrons. The van der Waals surface area contributed by atoms with Gasteiger partial charge in [0.15, 0.2) is 11.6 Å². The topological polar surface area (TPSA) is 75.1 Å². The van der Waals surface area contributed by atoms with Crippen LogP contribution < -0.4 is 14.5 Å². The van der Waals surface area contributed by atoms with Crippen molar-refractivity contribution >= 4 is 23.5 Å². The minimum Gasteiger partial charge on any atom is -0.539 e. The maximum atomic E-state index is 12.2. The van der Waals surface area contributed by atoms with Crippen molar-refractivity contribution in [3.8, 4) is 28.8 Å². The second-order valence-corrected chi connectivity index (χ2v) is 7.02. The lowest BCUT2D eigenvalue weighted by molar-refractivity contribution is -0.660. The normalized spacial score (nSPS) is 11.2. The Morgan fingerprint density at radius 3 is 2.54 bits per heavy atom. The summed E-state index contributed by atoms with van der Waals surface area (Å²) in [6, 6.07) is 15.4. The summed E-state index contributed by atoms with van der Waals surface area (Å²) in [5.41, 5.74) is 3.74. The third-order valence-corrected chi connectivity index (χ3v) is 5.00. The van der Waals surface area contributed by atoms with Gasteiger partial charge in [-0.05, 0) is 35.4 Å². The molecule has 0 unspecified atom stereocenters. The van der Waals surface area contributed by atoms with Crippen LogP contribution in [0.1, 0.15) is 16.1 Å². The molecule has 0 N–H and O–H groups in total. The third-order valence-electron chi connectivity index (χ3n) is 4.19. The fraction of sp³-hybridized carbons (Fsp3) is 0.0952. The van der Waals surface area contributed by atoms with E-state index in [4.69, 9.17) is 9.26 Å². The first-order chi connectivity index (χ1) is 13.6. The molecule has 2 heterocycles. The van der Waals surface area contributed by atoms with Crippen LogP contribution in [0.15, 0.2) is 58.4 Å². The van der Waals surface area contributed by atoms with E-state index >= 15 is 0 Å². The van der Waals surface area contributed by atoms with Crippen LogP contribution in [0.4, 0.5) is 0 Å². The van der Waals surface area contributed by atoms with E-state index in [2.05, 4.69) is 10.3 Å². The first-order valence-corrected chi connectivity index (χ1v) is 9.46. The SMILES string of the molecule is COc1ccc(/C=C/c2nc(-c3c([O-])on[n+]3-c3ccc(C)cc3)cs2)cc1. The maximum Gasteiger partial charge on any atom is 0.289 e. The maximum absolute atomic E-state index is 12.2. The molecule has 6 nitrogen and oxygen atoms in total. The largest absolute Gasteiger partial charge is 0.539 e. The lowest BCUT2D eigenvalue weighted by Gasteiger charge is -1.98. The van der Waals surface area contributed by atoms with Gasteiger partial charge in [0.05, 0.1) is 12.4 Å². The first-order valence-electron chi connectivity index (χ1n) is 8.58. The van der Waals surface area contributed by atoms with Crippen LogP contribution in [0, 0.1) is 6.92 Å². The Bertz CT molecular complexity index is 1110. The zero-order valence-electron chi connectivity index (χ0n) is 15.3. The van der Waals surface area contributed by atoms with E-state index in [1.165, 1.54) is 16.0 Å². The van der Waals surface area contributed by atoms with Gasteiger partial charge in [-0.15, -0.1) is 11.3 Å². The molecule has 4 rings (SSSR count). The smallest absolute Gasteiger partial charge is 0.289 e. The fourth-order valence-corrected chi connectivity index (χ4v) is 3.37. The predicted octanol–water partition coefficient (Wildman–Crippen LogP) is 3.64. The number of thiazole rings is 1. The van der Waals surface area contributed by atoms with Crippen molar-refractivity contribution in [3.63, 3.8) is 0 Å². The molecule has 0 aliphatic carbocycles. The molecule has 28 heavy (non-hydrogen) atoms. The van der Waals surface area contributed by atoms with Gasteiger partial charge in [0.1, 0.15) is 10.8 Å². The average Bonchev–Trinajstić information content (AvgIpc) is 3.33. The summed E-state index contributed by atoms with van der Waals surface area (Å²) >= 11 is 1.45. The third kappa shape index (κ3) is 3.65. The number of nitrogens with zero attached hydrogens (tertiary/aromatic N) is 3. The van der Waals surface area contributed by atoms with Gasteiger partial charge in [-0.25, -0.2) is 4.98 Å². The number of hydrogen-bond acceptors (Lipinski definition) is 6. The summed E-state index contributed by atoms with van der Waals surface area (Å²) in [5, 5.41) is 18.7. The van der Waals surface area contributed by atoms with Crippen molar-refractivity contribution in [3.05, 3.63) is 70.0 Å². The van der Waals surface area contributed by atoms with Crippen LogP contribution in [0.5, 0.6) is 11.7 Å².